The zero-order valence-corrected chi connectivity index (χ0v) is 20.9. The smallest absolute Gasteiger partial charge is 0.379 e. The fourth-order valence-electron chi connectivity index (χ4n) is 4.93. The topological polar surface area (TPSA) is 69.6 Å². The van der Waals surface area contributed by atoms with Crippen LogP contribution in [0.4, 0.5) is 30.7 Å². The van der Waals surface area contributed by atoms with Crippen molar-refractivity contribution in [1.29, 1.82) is 0 Å². The minimum absolute atomic E-state index is 0.0983. The fraction of sp³-hybridized carbons (Fsp3) is 0.481. The molecule has 2 aromatic carbocycles. The maximum Gasteiger partial charge on any atom is 0.418 e. The standard InChI is InChI=1S/C27H27F7N2O3/c1-25(10-11-25)21(18-9-8-17(14-19(18)28)26(29,30)31)35-23(38)20-7-2-3-12-36(20)24(39)16-6-4-5-15(13-16)22(37)27(32,33)34/h4-6,8-9,13-14,20-22,37H,2-3,7,10-12H2,1H3,(H,35,38)/t20-,21+,22?/m1/s1. The van der Waals surface area contributed by atoms with Crippen LogP contribution in [0.1, 0.15) is 78.2 Å². The van der Waals surface area contributed by atoms with Gasteiger partial charge in [-0.3, -0.25) is 9.59 Å². The Morgan fingerprint density at radius 3 is 2.33 bits per heavy atom. The second-order valence-corrected chi connectivity index (χ2v) is 10.4. The molecule has 2 fully saturated rings. The maximum atomic E-state index is 14.9. The summed E-state index contributed by atoms with van der Waals surface area (Å²) in [6, 6.07) is 4.62. The number of piperidine rings is 1. The SMILES string of the molecule is CC1([C@@H](NC(=O)[C@H]2CCCCN2C(=O)c2cccc(C(O)C(F)(F)F)c2)c2ccc(C(F)(F)F)cc2F)CC1. The summed E-state index contributed by atoms with van der Waals surface area (Å²) >= 11 is 0. The Morgan fingerprint density at radius 2 is 1.74 bits per heavy atom. The highest BCUT2D eigenvalue weighted by molar-refractivity contribution is 5.98. The van der Waals surface area contributed by atoms with E-state index in [1.165, 1.54) is 17.0 Å². The minimum atomic E-state index is -4.93. The van der Waals surface area contributed by atoms with Crippen molar-refractivity contribution in [2.24, 2.45) is 5.41 Å². The molecule has 1 saturated carbocycles. The van der Waals surface area contributed by atoms with Crippen LogP contribution in [-0.2, 0) is 11.0 Å². The van der Waals surface area contributed by atoms with Crippen molar-refractivity contribution < 1.29 is 45.4 Å². The van der Waals surface area contributed by atoms with Gasteiger partial charge in [0.05, 0.1) is 11.6 Å². The van der Waals surface area contributed by atoms with E-state index < -0.39 is 64.7 Å². The Bertz CT molecular complexity index is 1240. The van der Waals surface area contributed by atoms with E-state index in [-0.39, 0.29) is 24.1 Å². The number of likely N-dealkylation sites (tertiary alicyclic amines) is 1. The van der Waals surface area contributed by atoms with E-state index >= 15 is 0 Å². The number of nitrogens with zero attached hydrogens (tertiary/aromatic N) is 1. The van der Waals surface area contributed by atoms with Gasteiger partial charge in [-0.15, -0.1) is 0 Å². The maximum absolute atomic E-state index is 14.9. The molecule has 1 heterocycles. The van der Waals surface area contributed by atoms with Crippen molar-refractivity contribution in [3.63, 3.8) is 0 Å². The van der Waals surface area contributed by atoms with Gasteiger partial charge in [0.1, 0.15) is 11.9 Å². The third-order valence-electron chi connectivity index (χ3n) is 7.49. The highest BCUT2D eigenvalue weighted by Gasteiger charge is 2.48. The molecular weight excluding hydrogens is 533 g/mol. The highest BCUT2D eigenvalue weighted by Crippen LogP contribution is 2.55. The number of hydrogen-bond donors (Lipinski definition) is 2. The number of rotatable bonds is 6. The predicted molar refractivity (Wildman–Crippen MR) is 126 cm³/mol. The Morgan fingerprint density at radius 1 is 1.05 bits per heavy atom. The molecule has 12 heteroatoms. The molecule has 1 aliphatic heterocycles. The third-order valence-corrected chi connectivity index (χ3v) is 7.49. The van der Waals surface area contributed by atoms with Gasteiger partial charge in [0, 0.05) is 17.7 Å². The minimum Gasteiger partial charge on any atom is -0.379 e. The molecule has 0 aromatic heterocycles. The molecule has 3 atom stereocenters. The predicted octanol–water partition coefficient (Wildman–Crippen LogP) is 6.09. The average Bonchev–Trinajstić information content (AvgIpc) is 3.63. The first-order chi connectivity index (χ1) is 18.1. The van der Waals surface area contributed by atoms with Crippen LogP contribution in [0.25, 0.3) is 0 Å². The number of carbonyl (C=O) groups is 2. The van der Waals surface area contributed by atoms with E-state index in [0.29, 0.717) is 31.7 Å². The zero-order valence-electron chi connectivity index (χ0n) is 20.9. The molecule has 1 unspecified atom stereocenters. The van der Waals surface area contributed by atoms with E-state index in [2.05, 4.69) is 5.32 Å². The van der Waals surface area contributed by atoms with Crippen molar-refractivity contribution in [3.05, 3.63) is 70.5 Å². The van der Waals surface area contributed by atoms with Gasteiger partial charge in [-0.25, -0.2) is 4.39 Å². The summed E-state index contributed by atoms with van der Waals surface area (Å²) in [7, 11) is 0. The Kier molecular flexibility index (Phi) is 7.72. The van der Waals surface area contributed by atoms with E-state index in [9.17, 15) is 45.4 Å². The molecule has 1 aliphatic carbocycles. The summed E-state index contributed by atoms with van der Waals surface area (Å²) in [5, 5.41) is 12.3. The van der Waals surface area contributed by atoms with Crippen molar-refractivity contribution >= 4 is 11.8 Å². The molecule has 212 valence electrons. The monoisotopic (exact) mass is 560 g/mol. The van der Waals surface area contributed by atoms with E-state index in [0.717, 1.165) is 24.3 Å². The molecule has 0 radical (unpaired) electrons. The number of aliphatic hydroxyl groups is 1. The van der Waals surface area contributed by atoms with Crippen LogP contribution in [0.3, 0.4) is 0 Å². The lowest BCUT2D eigenvalue weighted by atomic mass is 9.89. The molecule has 2 aromatic rings. The molecule has 0 bridgehead atoms. The Balaban J connectivity index is 1.58. The van der Waals surface area contributed by atoms with Crippen LogP contribution < -0.4 is 5.32 Å². The van der Waals surface area contributed by atoms with E-state index in [1.54, 1.807) is 6.92 Å². The number of amides is 2. The average molecular weight is 561 g/mol. The third kappa shape index (κ3) is 6.21. The molecule has 1 saturated heterocycles. The molecule has 39 heavy (non-hydrogen) atoms. The largest absolute Gasteiger partial charge is 0.418 e. The second-order valence-electron chi connectivity index (χ2n) is 10.4. The molecule has 4 rings (SSSR count). The van der Waals surface area contributed by atoms with Crippen LogP contribution >= 0.6 is 0 Å². The number of hydrogen-bond acceptors (Lipinski definition) is 3. The number of nitrogens with one attached hydrogen (secondary N) is 1. The zero-order chi connectivity index (χ0) is 28.8. The molecule has 5 nitrogen and oxygen atoms in total. The van der Waals surface area contributed by atoms with Crippen molar-refractivity contribution in [2.45, 2.75) is 69.6 Å². The van der Waals surface area contributed by atoms with Gasteiger partial charge in [0.15, 0.2) is 6.10 Å². The highest BCUT2D eigenvalue weighted by atomic mass is 19.4. The lowest BCUT2D eigenvalue weighted by Gasteiger charge is -2.37. The van der Waals surface area contributed by atoms with Crippen LogP contribution in [0, 0.1) is 11.2 Å². The van der Waals surface area contributed by atoms with Crippen molar-refractivity contribution in [3.8, 4) is 0 Å². The van der Waals surface area contributed by atoms with Gasteiger partial charge < -0.3 is 15.3 Å². The Hall–Kier alpha value is -3.15. The van der Waals surface area contributed by atoms with Gasteiger partial charge in [0.25, 0.3) is 5.91 Å². The first kappa shape index (κ1) is 28.8. The van der Waals surface area contributed by atoms with Crippen LogP contribution in [0.15, 0.2) is 42.5 Å². The molecule has 0 spiro atoms. The Labute approximate surface area is 220 Å². The van der Waals surface area contributed by atoms with Gasteiger partial charge in [-0.2, -0.15) is 26.3 Å². The quantitative estimate of drug-likeness (QED) is 0.420. The van der Waals surface area contributed by atoms with Gasteiger partial charge >= 0.3 is 12.4 Å². The molecule has 2 aliphatic rings. The summed E-state index contributed by atoms with van der Waals surface area (Å²) < 4.78 is 92.9. The number of halogens is 7. The molecular formula is C27H27F7N2O3. The van der Waals surface area contributed by atoms with Crippen molar-refractivity contribution in [1.82, 2.24) is 10.2 Å². The second kappa shape index (κ2) is 10.4. The molecule has 2 N–H and O–H groups in total. The fourth-order valence-corrected chi connectivity index (χ4v) is 4.93. The van der Waals surface area contributed by atoms with Gasteiger partial charge in [-0.1, -0.05) is 25.1 Å². The van der Waals surface area contributed by atoms with Crippen LogP contribution in [0.2, 0.25) is 0 Å². The van der Waals surface area contributed by atoms with E-state index in [4.69, 9.17) is 0 Å². The first-order valence-corrected chi connectivity index (χ1v) is 12.4. The number of carbonyl (C=O) groups excluding carboxylic acids is 2. The number of alkyl halides is 6. The van der Waals surface area contributed by atoms with Crippen molar-refractivity contribution in [2.75, 3.05) is 6.54 Å². The first-order valence-electron chi connectivity index (χ1n) is 12.4. The summed E-state index contributed by atoms with van der Waals surface area (Å²) in [4.78, 5) is 28.0. The summed E-state index contributed by atoms with van der Waals surface area (Å²) in [5.74, 6) is -2.45. The number of benzene rings is 2. The summed E-state index contributed by atoms with van der Waals surface area (Å²) in [6.07, 6.45) is -9.92. The normalized spacial score (nSPS) is 20.7. The van der Waals surface area contributed by atoms with Crippen LogP contribution in [0.5, 0.6) is 0 Å². The van der Waals surface area contributed by atoms with Gasteiger partial charge in [0.2, 0.25) is 5.91 Å². The number of aliphatic hydroxyl groups excluding tert-OH is 1. The summed E-state index contributed by atoms with van der Waals surface area (Å²) in [5.41, 5.74) is -2.52. The summed E-state index contributed by atoms with van der Waals surface area (Å²) in [6.45, 7) is 1.91. The lowest BCUT2D eigenvalue weighted by molar-refractivity contribution is -0.206. The lowest BCUT2D eigenvalue weighted by Crippen LogP contribution is -2.53. The van der Waals surface area contributed by atoms with Gasteiger partial charge in [-0.05, 0) is 67.3 Å². The van der Waals surface area contributed by atoms with E-state index in [1.807, 2.05) is 0 Å². The van der Waals surface area contributed by atoms with Crippen LogP contribution in [-0.4, -0.2) is 40.6 Å². The molecule has 2 amide bonds.